The number of hydrogen-bond acceptors (Lipinski definition) is 3. The van der Waals surface area contributed by atoms with Gasteiger partial charge in [0, 0.05) is 27.1 Å². The molecule has 2 aromatic carbocycles. The van der Waals surface area contributed by atoms with Crippen LogP contribution in [0.3, 0.4) is 0 Å². The molecule has 0 aliphatic rings. The van der Waals surface area contributed by atoms with Crippen molar-refractivity contribution in [1.29, 1.82) is 0 Å². The molecule has 0 fully saturated rings. The molecule has 0 aliphatic heterocycles. The molecule has 1 heterocycles. The number of halogens is 2. The normalized spacial score (nSPS) is 13.2. The first kappa shape index (κ1) is 17.2. The molecule has 0 spiro atoms. The Balaban J connectivity index is 2.34. The minimum Gasteiger partial charge on any atom is -0.493 e. The number of ether oxygens (including phenoxy) is 1. The SMILES string of the molecule is COc1c(F)cc2c(ccn2S(=O)(=O)c2ccccc2)c1C(C)I. The van der Waals surface area contributed by atoms with Gasteiger partial charge in [-0.25, -0.2) is 16.8 Å². The molecule has 0 bridgehead atoms. The zero-order chi connectivity index (χ0) is 17.5. The summed E-state index contributed by atoms with van der Waals surface area (Å²) in [7, 11) is -2.39. The summed E-state index contributed by atoms with van der Waals surface area (Å²) in [6.45, 7) is 1.90. The Morgan fingerprint density at radius 3 is 2.46 bits per heavy atom. The van der Waals surface area contributed by atoms with E-state index < -0.39 is 15.8 Å². The highest BCUT2D eigenvalue weighted by atomic mass is 127. The van der Waals surface area contributed by atoms with Gasteiger partial charge in [0.05, 0.1) is 17.5 Å². The summed E-state index contributed by atoms with van der Waals surface area (Å²) in [6.07, 6.45) is 1.45. The van der Waals surface area contributed by atoms with Crippen molar-refractivity contribution < 1.29 is 17.5 Å². The maximum atomic E-state index is 14.5. The predicted molar refractivity (Wildman–Crippen MR) is 99.9 cm³/mol. The summed E-state index contributed by atoms with van der Waals surface area (Å²) in [4.78, 5) is 0.155. The summed E-state index contributed by atoms with van der Waals surface area (Å²) in [5, 5.41) is 0.662. The summed E-state index contributed by atoms with van der Waals surface area (Å²) < 4.78 is 46.4. The molecule has 3 rings (SSSR count). The number of nitrogens with zero attached hydrogens (tertiary/aromatic N) is 1. The Kier molecular flexibility index (Phi) is 4.56. The molecule has 0 N–H and O–H groups in total. The molecule has 0 radical (unpaired) electrons. The third-order valence-corrected chi connectivity index (χ3v) is 6.13. The minimum absolute atomic E-state index is 0.0500. The van der Waals surface area contributed by atoms with Crippen molar-refractivity contribution in [2.75, 3.05) is 7.11 Å². The number of alkyl halides is 1. The molecular formula is C17H15FINO3S. The van der Waals surface area contributed by atoms with E-state index in [0.29, 0.717) is 16.5 Å². The molecular weight excluding hydrogens is 444 g/mol. The Bertz CT molecular complexity index is 998. The minimum atomic E-state index is -3.79. The number of aromatic nitrogens is 1. The van der Waals surface area contributed by atoms with Crippen LogP contribution in [0.4, 0.5) is 4.39 Å². The number of benzene rings is 2. The molecule has 0 saturated carbocycles. The molecule has 7 heteroatoms. The van der Waals surface area contributed by atoms with Gasteiger partial charge < -0.3 is 4.74 Å². The van der Waals surface area contributed by atoms with E-state index in [2.05, 4.69) is 22.6 Å². The topological polar surface area (TPSA) is 48.3 Å². The van der Waals surface area contributed by atoms with Crippen LogP contribution in [0.2, 0.25) is 0 Å². The first-order chi connectivity index (χ1) is 11.4. The summed E-state index contributed by atoms with van der Waals surface area (Å²) >= 11 is 2.16. The van der Waals surface area contributed by atoms with Crippen molar-refractivity contribution in [2.45, 2.75) is 15.7 Å². The lowest BCUT2D eigenvalue weighted by Gasteiger charge is -2.14. The van der Waals surface area contributed by atoms with Gasteiger partial charge in [0.25, 0.3) is 10.0 Å². The van der Waals surface area contributed by atoms with Crippen molar-refractivity contribution in [1.82, 2.24) is 3.97 Å². The summed E-state index contributed by atoms with van der Waals surface area (Å²) in [5.74, 6) is -0.425. The van der Waals surface area contributed by atoms with Gasteiger partial charge in [0.15, 0.2) is 11.6 Å². The fraction of sp³-hybridized carbons (Fsp3) is 0.176. The molecule has 126 valence electrons. The maximum Gasteiger partial charge on any atom is 0.268 e. The van der Waals surface area contributed by atoms with Crippen LogP contribution in [0.15, 0.2) is 53.6 Å². The molecule has 0 amide bonds. The van der Waals surface area contributed by atoms with E-state index in [4.69, 9.17) is 4.74 Å². The lowest BCUT2D eigenvalue weighted by Crippen LogP contribution is -2.12. The lowest BCUT2D eigenvalue weighted by molar-refractivity contribution is 0.383. The quantitative estimate of drug-likeness (QED) is 0.426. The van der Waals surface area contributed by atoms with Crippen LogP contribution in [-0.2, 0) is 10.0 Å². The van der Waals surface area contributed by atoms with Crippen molar-refractivity contribution >= 4 is 43.5 Å². The molecule has 1 unspecified atom stereocenters. The summed E-state index contributed by atoms with van der Waals surface area (Å²) in [6, 6.07) is 11.0. The number of rotatable bonds is 4. The van der Waals surface area contributed by atoms with Crippen LogP contribution in [-0.4, -0.2) is 19.5 Å². The van der Waals surface area contributed by atoms with Crippen LogP contribution >= 0.6 is 22.6 Å². The highest BCUT2D eigenvalue weighted by Gasteiger charge is 2.24. The van der Waals surface area contributed by atoms with Crippen LogP contribution in [0.25, 0.3) is 10.9 Å². The molecule has 1 aromatic heterocycles. The Morgan fingerprint density at radius 2 is 1.88 bits per heavy atom. The number of hydrogen-bond donors (Lipinski definition) is 0. The van der Waals surface area contributed by atoms with Crippen LogP contribution in [0, 0.1) is 5.82 Å². The Morgan fingerprint density at radius 1 is 1.21 bits per heavy atom. The predicted octanol–water partition coefficient (Wildman–Crippen LogP) is 4.52. The van der Waals surface area contributed by atoms with Gasteiger partial charge in [-0.15, -0.1) is 0 Å². The van der Waals surface area contributed by atoms with E-state index in [1.807, 2.05) is 6.92 Å². The van der Waals surface area contributed by atoms with Gasteiger partial charge in [0.1, 0.15) is 0 Å². The fourth-order valence-electron chi connectivity index (χ4n) is 2.75. The van der Waals surface area contributed by atoms with Gasteiger partial charge in [-0.2, -0.15) is 0 Å². The van der Waals surface area contributed by atoms with E-state index in [9.17, 15) is 12.8 Å². The van der Waals surface area contributed by atoms with Gasteiger partial charge in [-0.05, 0) is 25.1 Å². The zero-order valence-electron chi connectivity index (χ0n) is 13.0. The van der Waals surface area contributed by atoms with E-state index in [1.165, 1.54) is 31.5 Å². The molecule has 4 nitrogen and oxygen atoms in total. The van der Waals surface area contributed by atoms with Crippen molar-refractivity contribution in [2.24, 2.45) is 0 Å². The lowest BCUT2D eigenvalue weighted by atomic mass is 10.1. The van der Waals surface area contributed by atoms with Gasteiger partial charge in [0.2, 0.25) is 0 Å². The Labute approximate surface area is 153 Å². The Hall–Kier alpha value is -1.61. The molecule has 3 aromatic rings. The van der Waals surface area contributed by atoms with Crippen LogP contribution < -0.4 is 4.74 Å². The second-order valence-electron chi connectivity index (χ2n) is 5.28. The number of methoxy groups -OCH3 is 1. The first-order valence-electron chi connectivity index (χ1n) is 7.20. The van der Waals surface area contributed by atoms with E-state index >= 15 is 0 Å². The van der Waals surface area contributed by atoms with Crippen LogP contribution in [0.5, 0.6) is 5.75 Å². The van der Waals surface area contributed by atoms with E-state index in [-0.39, 0.29) is 14.6 Å². The number of fused-ring (bicyclic) bond motifs is 1. The molecule has 24 heavy (non-hydrogen) atoms. The monoisotopic (exact) mass is 459 g/mol. The van der Waals surface area contributed by atoms with Gasteiger partial charge in [-0.3, -0.25) is 0 Å². The van der Waals surface area contributed by atoms with E-state index in [0.717, 1.165) is 3.97 Å². The standard InChI is InChI=1S/C17H15FINO3S/c1-11(19)16-13-8-9-20(15(13)10-14(18)17(16)23-2)24(21,22)12-6-4-3-5-7-12/h3-11H,1-2H3. The van der Waals surface area contributed by atoms with Crippen molar-refractivity contribution in [3.63, 3.8) is 0 Å². The highest BCUT2D eigenvalue weighted by Crippen LogP contribution is 2.40. The van der Waals surface area contributed by atoms with Gasteiger partial charge >= 0.3 is 0 Å². The molecule has 1 atom stereocenters. The second kappa shape index (κ2) is 6.36. The average Bonchev–Trinajstić information content (AvgIpc) is 2.98. The van der Waals surface area contributed by atoms with Crippen molar-refractivity contribution in [3.8, 4) is 5.75 Å². The highest BCUT2D eigenvalue weighted by molar-refractivity contribution is 14.1. The maximum absolute atomic E-state index is 14.5. The third kappa shape index (κ3) is 2.69. The fourth-order valence-corrected chi connectivity index (χ4v) is 4.73. The molecule has 0 aliphatic carbocycles. The summed E-state index contributed by atoms with van der Waals surface area (Å²) in [5.41, 5.74) is 0.950. The van der Waals surface area contributed by atoms with Gasteiger partial charge in [-0.1, -0.05) is 40.8 Å². The largest absolute Gasteiger partial charge is 0.493 e. The third-order valence-electron chi connectivity index (χ3n) is 3.81. The zero-order valence-corrected chi connectivity index (χ0v) is 16.0. The smallest absolute Gasteiger partial charge is 0.268 e. The average molecular weight is 459 g/mol. The van der Waals surface area contributed by atoms with Crippen LogP contribution in [0.1, 0.15) is 16.4 Å². The van der Waals surface area contributed by atoms with E-state index in [1.54, 1.807) is 24.3 Å². The van der Waals surface area contributed by atoms with Crippen molar-refractivity contribution in [3.05, 3.63) is 60.0 Å². The first-order valence-corrected chi connectivity index (χ1v) is 9.88. The second-order valence-corrected chi connectivity index (χ2v) is 8.97. The molecule has 0 saturated heterocycles.